The Labute approximate surface area is 73.7 Å². The van der Waals surface area contributed by atoms with Crippen molar-refractivity contribution in [1.82, 2.24) is 0 Å². The highest BCUT2D eigenvalue weighted by Gasteiger charge is 2.31. The van der Waals surface area contributed by atoms with Gasteiger partial charge in [0.1, 0.15) is 5.54 Å². The number of carboxylic acids is 1. The quantitative estimate of drug-likeness (QED) is 0.721. The summed E-state index contributed by atoms with van der Waals surface area (Å²) in [5.74, 6) is -1.28. The molecule has 0 spiro atoms. The van der Waals surface area contributed by atoms with Crippen molar-refractivity contribution in [2.75, 3.05) is 0 Å². The summed E-state index contributed by atoms with van der Waals surface area (Å²) in [4.78, 5) is 10.4. The number of hydrogen-bond acceptors (Lipinski definition) is 2. The van der Waals surface area contributed by atoms with Gasteiger partial charge in [-0.25, -0.2) is 0 Å². The molecular formula is C7H12F3NO2. The van der Waals surface area contributed by atoms with Gasteiger partial charge in [0.25, 0.3) is 0 Å². The van der Waals surface area contributed by atoms with E-state index in [1.165, 1.54) is 6.92 Å². The summed E-state index contributed by atoms with van der Waals surface area (Å²) >= 11 is 0. The number of nitrogens with two attached hydrogens (primary N) is 1. The molecule has 0 aromatic rings. The molecule has 6 heteroatoms. The van der Waals surface area contributed by atoms with E-state index in [-0.39, 0.29) is 12.8 Å². The zero-order valence-corrected chi connectivity index (χ0v) is 7.19. The number of rotatable bonds is 4. The predicted molar refractivity (Wildman–Crippen MR) is 40.1 cm³/mol. The molecule has 13 heavy (non-hydrogen) atoms. The summed E-state index contributed by atoms with van der Waals surface area (Å²) in [5, 5.41) is 8.46. The first-order chi connectivity index (χ1) is 5.65. The zero-order valence-electron chi connectivity index (χ0n) is 7.19. The summed E-state index contributed by atoms with van der Waals surface area (Å²) in [6.07, 6.45) is -5.67. The molecule has 3 N–H and O–H groups in total. The lowest BCUT2D eigenvalue weighted by atomic mass is 9.96. The van der Waals surface area contributed by atoms with Crippen molar-refractivity contribution in [3.05, 3.63) is 0 Å². The van der Waals surface area contributed by atoms with Gasteiger partial charge in [-0.1, -0.05) is 0 Å². The van der Waals surface area contributed by atoms with Gasteiger partial charge in [0.15, 0.2) is 0 Å². The molecule has 0 amide bonds. The van der Waals surface area contributed by atoms with Gasteiger partial charge >= 0.3 is 12.1 Å². The lowest BCUT2D eigenvalue weighted by Gasteiger charge is -2.18. The van der Waals surface area contributed by atoms with Gasteiger partial charge in [0, 0.05) is 6.42 Å². The minimum Gasteiger partial charge on any atom is -0.480 e. The topological polar surface area (TPSA) is 63.3 Å². The van der Waals surface area contributed by atoms with Crippen LogP contribution in [-0.4, -0.2) is 22.8 Å². The molecule has 1 atom stereocenters. The highest BCUT2D eigenvalue weighted by Crippen LogP contribution is 2.24. The van der Waals surface area contributed by atoms with Crippen LogP contribution in [0.4, 0.5) is 13.2 Å². The maximum atomic E-state index is 11.6. The Hall–Kier alpha value is -0.780. The van der Waals surface area contributed by atoms with E-state index in [0.29, 0.717) is 0 Å². The van der Waals surface area contributed by atoms with E-state index in [0.717, 1.165) is 0 Å². The van der Waals surface area contributed by atoms with Crippen LogP contribution in [0.15, 0.2) is 0 Å². The van der Waals surface area contributed by atoms with Gasteiger partial charge in [-0.2, -0.15) is 13.2 Å². The lowest BCUT2D eigenvalue weighted by molar-refractivity contribution is -0.146. The maximum Gasteiger partial charge on any atom is 0.389 e. The highest BCUT2D eigenvalue weighted by atomic mass is 19.4. The second kappa shape index (κ2) is 3.95. The number of alkyl halides is 3. The summed E-state index contributed by atoms with van der Waals surface area (Å²) < 4.78 is 34.9. The van der Waals surface area contributed by atoms with Gasteiger partial charge in [-0.05, 0) is 19.8 Å². The molecular weight excluding hydrogens is 187 g/mol. The van der Waals surface area contributed by atoms with Crippen LogP contribution in [0.2, 0.25) is 0 Å². The van der Waals surface area contributed by atoms with Crippen molar-refractivity contribution in [1.29, 1.82) is 0 Å². The third-order valence-corrected chi connectivity index (χ3v) is 1.64. The van der Waals surface area contributed by atoms with Crippen LogP contribution in [0.1, 0.15) is 26.2 Å². The molecule has 0 aliphatic heterocycles. The molecule has 0 aromatic heterocycles. The molecule has 0 heterocycles. The van der Waals surface area contributed by atoms with Crippen LogP contribution >= 0.6 is 0 Å². The largest absolute Gasteiger partial charge is 0.480 e. The standard InChI is InChI=1S/C7H12F3NO2/c1-6(11,5(12)13)3-2-4-7(8,9)10/h2-4,11H2,1H3,(H,12,13)/t6-/m0/s1. The average Bonchev–Trinajstić information content (AvgIpc) is 1.82. The fourth-order valence-corrected chi connectivity index (χ4v) is 0.763. The smallest absolute Gasteiger partial charge is 0.389 e. The first kappa shape index (κ1) is 12.2. The first-order valence-electron chi connectivity index (χ1n) is 3.74. The van der Waals surface area contributed by atoms with Gasteiger partial charge in [0.2, 0.25) is 0 Å². The first-order valence-corrected chi connectivity index (χ1v) is 3.74. The fraction of sp³-hybridized carbons (Fsp3) is 0.857. The third kappa shape index (κ3) is 5.46. The van der Waals surface area contributed by atoms with E-state index in [9.17, 15) is 18.0 Å². The Kier molecular flexibility index (Phi) is 3.71. The third-order valence-electron chi connectivity index (χ3n) is 1.64. The maximum absolute atomic E-state index is 11.6. The van der Waals surface area contributed by atoms with Crippen LogP contribution in [0.25, 0.3) is 0 Å². The van der Waals surface area contributed by atoms with Gasteiger partial charge < -0.3 is 10.8 Å². The van der Waals surface area contributed by atoms with Gasteiger partial charge in [0.05, 0.1) is 0 Å². The van der Waals surface area contributed by atoms with Crippen LogP contribution in [-0.2, 0) is 4.79 Å². The number of aliphatic carboxylic acids is 1. The minimum absolute atomic E-state index is 0.179. The Morgan fingerprint density at radius 2 is 1.85 bits per heavy atom. The number of carbonyl (C=O) groups is 1. The molecule has 0 aromatic carbocycles. The molecule has 0 saturated carbocycles. The van der Waals surface area contributed by atoms with Crippen molar-refractivity contribution >= 4 is 5.97 Å². The van der Waals surface area contributed by atoms with E-state index >= 15 is 0 Å². The van der Waals surface area contributed by atoms with Crippen molar-refractivity contribution in [3.63, 3.8) is 0 Å². The SMILES string of the molecule is C[C@](N)(CCCC(F)(F)F)C(=O)O. The number of halogens is 3. The van der Waals surface area contributed by atoms with Crippen molar-refractivity contribution in [3.8, 4) is 0 Å². The molecule has 0 unspecified atom stereocenters. The zero-order chi connectivity index (χ0) is 10.7. The van der Waals surface area contributed by atoms with E-state index < -0.39 is 24.1 Å². The molecule has 3 nitrogen and oxygen atoms in total. The van der Waals surface area contributed by atoms with Gasteiger partial charge in [-0.3, -0.25) is 4.79 Å². The van der Waals surface area contributed by atoms with Crippen molar-refractivity contribution in [2.45, 2.75) is 37.9 Å². The normalized spacial score (nSPS) is 16.7. The molecule has 78 valence electrons. The second-order valence-electron chi connectivity index (χ2n) is 3.19. The molecule has 0 aliphatic rings. The van der Waals surface area contributed by atoms with E-state index in [1.54, 1.807) is 0 Å². The fourth-order valence-electron chi connectivity index (χ4n) is 0.763. The Balaban J connectivity index is 3.84. The highest BCUT2D eigenvalue weighted by molar-refractivity contribution is 5.77. The monoisotopic (exact) mass is 199 g/mol. The van der Waals surface area contributed by atoms with Crippen LogP contribution in [0, 0.1) is 0 Å². The predicted octanol–water partition coefficient (Wildman–Crippen LogP) is 1.52. The molecule has 0 rings (SSSR count). The van der Waals surface area contributed by atoms with Crippen molar-refractivity contribution in [2.24, 2.45) is 5.73 Å². The molecule has 0 aliphatic carbocycles. The summed E-state index contributed by atoms with van der Waals surface area (Å²) in [7, 11) is 0. The van der Waals surface area contributed by atoms with E-state index in [1.807, 2.05) is 0 Å². The Morgan fingerprint density at radius 1 is 1.38 bits per heavy atom. The number of hydrogen-bond donors (Lipinski definition) is 2. The summed E-state index contributed by atoms with van der Waals surface area (Å²) in [6.45, 7) is 1.20. The Morgan fingerprint density at radius 3 is 2.15 bits per heavy atom. The van der Waals surface area contributed by atoms with Crippen molar-refractivity contribution < 1.29 is 23.1 Å². The second-order valence-corrected chi connectivity index (χ2v) is 3.19. The average molecular weight is 199 g/mol. The van der Waals surface area contributed by atoms with E-state index in [2.05, 4.69) is 0 Å². The van der Waals surface area contributed by atoms with Gasteiger partial charge in [-0.15, -0.1) is 0 Å². The molecule has 0 saturated heterocycles. The lowest BCUT2D eigenvalue weighted by Crippen LogP contribution is -2.44. The summed E-state index contributed by atoms with van der Waals surface area (Å²) in [5.41, 5.74) is 3.66. The number of carboxylic acid groups (broad SMARTS) is 1. The Bertz CT molecular complexity index is 189. The van der Waals surface area contributed by atoms with Crippen LogP contribution in [0.3, 0.4) is 0 Å². The van der Waals surface area contributed by atoms with E-state index in [4.69, 9.17) is 10.8 Å². The summed E-state index contributed by atoms with van der Waals surface area (Å²) in [6, 6.07) is 0. The molecule has 0 fully saturated rings. The van der Waals surface area contributed by atoms with Crippen LogP contribution in [0.5, 0.6) is 0 Å². The van der Waals surface area contributed by atoms with Crippen LogP contribution < -0.4 is 5.73 Å². The molecule has 0 bridgehead atoms. The molecule has 0 radical (unpaired) electrons. The minimum atomic E-state index is -4.24.